The molecule has 10 nitrogen and oxygen atoms in total. The number of carbonyl (C=O) groups is 3. The Balaban J connectivity index is 1.82. The smallest absolute Gasteiger partial charge is 0.416 e. The van der Waals surface area contributed by atoms with Crippen molar-refractivity contribution in [2.45, 2.75) is 52.1 Å². The number of likely N-dealkylation sites (N-methyl/N-ethyl adjacent to an activating group) is 1. The Hall–Kier alpha value is -4.00. The van der Waals surface area contributed by atoms with Gasteiger partial charge < -0.3 is 35.6 Å². The minimum atomic E-state index is -4.48. The van der Waals surface area contributed by atoms with E-state index in [-0.39, 0.29) is 54.6 Å². The Bertz CT molecular complexity index is 1240. The highest BCUT2D eigenvalue weighted by Gasteiger charge is 2.34. The number of aliphatic hydroxyl groups excluding tert-OH is 1. The number of alkyl halides is 3. The number of hydrogen-bond donors (Lipinski definition) is 4. The van der Waals surface area contributed by atoms with Crippen LogP contribution in [0.1, 0.15) is 43.6 Å². The summed E-state index contributed by atoms with van der Waals surface area (Å²) in [6, 6.07) is 7.17. The molecule has 3 rings (SSSR count). The molecule has 0 aliphatic carbocycles. The van der Waals surface area contributed by atoms with Crippen LogP contribution in [0.15, 0.2) is 42.5 Å². The van der Waals surface area contributed by atoms with Crippen LogP contribution in [0.25, 0.3) is 0 Å². The number of carbonyl (C=O) groups excluding carboxylic acids is 3. The maximum Gasteiger partial charge on any atom is 0.416 e. The first-order valence-corrected chi connectivity index (χ1v) is 13.2. The fourth-order valence-electron chi connectivity index (χ4n) is 4.26. The third-order valence-electron chi connectivity index (χ3n) is 6.61. The van der Waals surface area contributed by atoms with E-state index in [2.05, 4.69) is 16.0 Å². The predicted octanol–water partition coefficient (Wildman–Crippen LogP) is 4.62. The molecule has 224 valence electrons. The van der Waals surface area contributed by atoms with Crippen LogP contribution in [0.3, 0.4) is 0 Å². The summed E-state index contributed by atoms with van der Waals surface area (Å²) in [6.45, 7) is 7.21. The average Bonchev–Trinajstić information content (AvgIpc) is 2.89. The van der Waals surface area contributed by atoms with Crippen LogP contribution in [-0.4, -0.2) is 77.8 Å². The first kappa shape index (κ1) is 31.5. The van der Waals surface area contributed by atoms with Gasteiger partial charge in [-0.15, -0.1) is 0 Å². The van der Waals surface area contributed by atoms with Gasteiger partial charge in [-0.3, -0.25) is 4.79 Å². The van der Waals surface area contributed by atoms with E-state index in [0.717, 1.165) is 12.1 Å². The first-order valence-electron chi connectivity index (χ1n) is 13.2. The van der Waals surface area contributed by atoms with E-state index >= 15 is 0 Å². The van der Waals surface area contributed by atoms with Gasteiger partial charge in [0.15, 0.2) is 0 Å². The Labute approximate surface area is 236 Å². The molecule has 0 bridgehead atoms. The largest absolute Gasteiger partial charge is 0.487 e. The van der Waals surface area contributed by atoms with Gasteiger partial charge >= 0.3 is 18.2 Å². The van der Waals surface area contributed by atoms with Crippen molar-refractivity contribution in [3.05, 3.63) is 53.6 Å². The lowest BCUT2D eigenvalue weighted by molar-refractivity contribution is -0.137. The molecule has 1 heterocycles. The standard InChI is InChI=1S/C28H36F3N5O5/c1-16(2)32-26(39)33-21-10-11-23-22(12-21)25(38)36(18(4)15-37)13-17(3)24(41-23)14-35(5)27(40)34-20-8-6-19(7-9-20)28(29,30)31/h6-12,16-18,24,37H,13-15H2,1-5H3,(H,34,40)(H2,32,33,39)/t17-,18+,24+/m0/s1. The molecule has 41 heavy (non-hydrogen) atoms. The highest BCUT2D eigenvalue weighted by atomic mass is 19.4. The Morgan fingerprint density at radius 1 is 1.10 bits per heavy atom. The lowest BCUT2D eigenvalue weighted by Crippen LogP contribution is -2.50. The van der Waals surface area contributed by atoms with Crippen molar-refractivity contribution in [3.8, 4) is 5.75 Å². The zero-order chi connectivity index (χ0) is 30.5. The monoisotopic (exact) mass is 579 g/mol. The third-order valence-corrected chi connectivity index (χ3v) is 6.61. The number of halogens is 3. The third kappa shape index (κ3) is 8.26. The van der Waals surface area contributed by atoms with E-state index in [1.54, 1.807) is 19.1 Å². The summed E-state index contributed by atoms with van der Waals surface area (Å²) in [5.74, 6) is -0.418. The van der Waals surface area contributed by atoms with Crippen LogP contribution >= 0.6 is 0 Å². The summed E-state index contributed by atoms with van der Waals surface area (Å²) < 4.78 is 44.8. The average molecular weight is 580 g/mol. The summed E-state index contributed by atoms with van der Waals surface area (Å²) in [5.41, 5.74) is -0.0775. The SMILES string of the molecule is CC(C)NC(=O)Nc1ccc2c(c1)C(=O)N([C@H](C)CO)C[C@H](C)[C@@H](CN(C)C(=O)Nc1ccc(C(F)(F)F)cc1)O2. The Morgan fingerprint density at radius 2 is 1.73 bits per heavy atom. The maximum absolute atomic E-state index is 13.5. The van der Waals surface area contributed by atoms with Crippen molar-refractivity contribution in [3.63, 3.8) is 0 Å². The van der Waals surface area contributed by atoms with Crippen molar-refractivity contribution in [2.75, 3.05) is 37.4 Å². The number of benzene rings is 2. The van der Waals surface area contributed by atoms with Crippen molar-refractivity contribution >= 4 is 29.3 Å². The molecule has 0 unspecified atom stereocenters. The number of rotatable bonds is 7. The topological polar surface area (TPSA) is 123 Å². The molecule has 0 saturated carbocycles. The van der Waals surface area contributed by atoms with Gasteiger partial charge in [-0.25, -0.2) is 9.59 Å². The maximum atomic E-state index is 13.5. The fourth-order valence-corrected chi connectivity index (χ4v) is 4.26. The lowest BCUT2D eigenvalue weighted by Gasteiger charge is -2.38. The second-order valence-electron chi connectivity index (χ2n) is 10.5. The molecule has 3 atom stereocenters. The van der Waals surface area contributed by atoms with Crippen LogP contribution in [0.4, 0.5) is 34.1 Å². The molecule has 0 spiro atoms. The molecular formula is C28H36F3N5O5. The van der Waals surface area contributed by atoms with Gasteiger partial charge in [0.1, 0.15) is 11.9 Å². The van der Waals surface area contributed by atoms with Crippen molar-refractivity contribution in [1.29, 1.82) is 0 Å². The second kappa shape index (κ2) is 13.1. The highest BCUT2D eigenvalue weighted by molar-refractivity contribution is 5.99. The number of amides is 5. The van der Waals surface area contributed by atoms with Crippen LogP contribution in [0, 0.1) is 5.92 Å². The fraction of sp³-hybridized carbons (Fsp3) is 0.464. The number of hydrogen-bond acceptors (Lipinski definition) is 5. The lowest BCUT2D eigenvalue weighted by atomic mass is 9.99. The number of urea groups is 2. The molecule has 2 aromatic rings. The van der Waals surface area contributed by atoms with E-state index in [4.69, 9.17) is 4.74 Å². The van der Waals surface area contributed by atoms with Gasteiger partial charge in [0.2, 0.25) is 0 Å². The number of anilines is 2. The van der Waals surface area contributed by atoms with Gasteiger partial charge in [-0.05, 0) is 63.2 Å². The van der Waals surface area contributed by atoms with E-state index in [1.165, 1.54) is 35.0 Å². The molecule has 2 aromatic carbocycles. The second-order valence-corrected chi connectivity index (χ2v) is 10.5. The van der Waals surface area contributed by atoms with Gasteiger partial charge in [-0.1, -0.05) is 6.92 Å². The van der Waals surface area contributed by atoms with E-state index in [0.29, 0.717) is 5.69 Å². The van der Waals surface area contributed by atoms with Crippen LogP contribution < -0.4 is 20.7 Å². The predicted molar refractivity (Wildman–Crippen MR) is 148 cm³/mol. The quantitative estimate of drug-likeness (QED) is 0.381. The van der Waals surface area contributed by atoms with Gasteiger partial charge in [-0.2, -0.15) is 13.2 Å². The van der Waals surface area contributed by atoms with Crippen LogP contribution in [0.5, 0.6) is 5.75 Å². The number of ether oxygens (including phenoxy) is 1. The Kier molecular flexibility index (Phi) is 10.1. The van der Waals surface area contributed by atoms with Crippen molar-refractivity contribution < 1.29 is 37.4 Å². The van der Waals surface area contributed by atoms with Gasteiger partial charge in [0, 0.05) is 36.9 Å². The molecule has 5 amide bonds. The van der Waals surface area contributed by atoms with E-state index in [1.807, 2.05) is 20.8 Å². The summed E-state index contributed by atoms with van der Waals surface area (Å²) in [7, 11) is 1.52. The molecular weight excluding hydrogens is 543 g/mol. The number of nitrogens with one attached hydrogen (secondary N) is 3. The van der Waals surface area contributed by atoms with Crippen molar-refractivity contribution in [2.24, 2.45) is 5.92 Å². The zero-order valence-corrected chi connectivity index (χ0v) is 23.6. The Morgan fingerprint density at radius 3 is 2.32 bits per heavy atom. The first-order chi connectivity index (χ1) is 19.2. The summed E-state index contributed by atoms with van der Waals surface area (Å²) in [6.07, 6.45) is -5.08. The van der Waals surface area contributed by atoms with Crippen molar-refractivity contribution in [1.82, 2.24) is 15.1 Å². The molecule has 1 aliphatic rings. The molecule has 1 aliphatic heterocycles. The van der Waals surface area contributed by atoms with Crippen LogP contribution in [-0.2, 0) is 6.18 Å². The highest BCUT2D eigenvalue weighted by Crippen LogP contribution is 2.31. The molecule has 0 aromatic heterocycles. The minimum Gasteiger partial charge on any atom is -0.487 e. The van der Waals surface area contributed by atoms with Gasteiger partial charge in [0.05, 0.1) is 30.3 Å². The number of fused-ring (bicyclic) bond motifs is 1. The molecule has 0 fully saturated rings. The molecule has 0 radical (unpaired) electrons. The van der Waals surface area contributed by atoms with E-state index in [9.17, 15) is 32.7 Å². The summed E-state index contributed by atoms with van der Waals surface area (Å²) in [4.78, 5) is 41.5. The normalized spacial score (nSPS) is 18.0. The molecule has 4 N–H and O–H groups in total. The van der Waals surface area contributed by atoms with Gasteiger partial charge in [0.25, 0.3) is 5.91 Å². The number of nitrogens with zero attached hydrogens (tertiary/aromatic N) is 2. The number of aliphatic hydroxyl groups is 1. The summed E-state index contributed by atoms with van der Waals surface area (Å²) in [5, 5.41) is 17.8. The molecule has 0 saturated heterocycles. The minimum absolute atomic E-state index is 0.0827. The molecule has 13 heteroatoms. The summed E-state index contributed by atoms with van der Waals surface area (Å²) >= 11 is 0. The zero-order valence-electron chi connectivity index (χ0n) is 23.6. The van der Waals surface area contributed by atoms with E-state index < -0.39 is 35.9 Å². The van der Waals surface area contributed by atoms with Crippen LogP contribution in [0.2, 0.25) is 0 Å².